The molecule has 0 aliphatic heterocycles. The summed E-state index contributed by atoms with van der Waals surface area (Å²) in [6.45, 7) is 1.97. The second-order valence-electron chi connectivity index (χ2n) is 3.52. The van der Waals surface area contributed by atoms with Crippen molar-refractivity contribution < 1.29 is 13.9 Å². The molecule has 0 spiro atoms. The van der Waals surface area contributed by atoms with Gasteiger partial charge in [-0.2, -0.15) is 4.39 Å². The van der Waals surface area contributed by atoms with Crippen LogP contribution in [0, 0.1) is 5.95 Å². The normalized spacial score (nSPS) is 10.1. The fourth-order valence-corrected chi connectivity index (χ4v) is 1.51. The van der Waals surface area contributed by atoms with Gasteiger partial charge in [-0.05, 0) is 30.7 Å². The van der Waals surface area contributed by atoms with Gasteiger partial charge in [-0.15, -0.1) is 0 Å². The molecule has 0 saturated heterocycles. The minimum atomic E-state index is -0.630. The third-order valence-electron chi connectivity index (χ3n) is 2.34. The van der Waals surface area contributed by atoms with Gasteiger partial charge in [0.2, 0.25) is 5.95 Å². The average Bonchev–Trinajstić information content (AvgIpc) is 2.40. The van der Waals surface area contributed by atoms with Crippen LogP contribution < -0.4 is 0 Å². The highest BCUT2D eigenvalue weighted by Gasteiger charge is 2.12. The van der Waals surface area contributed by atoms with Gasteiger partial charge in [0.25, 0.3) is 0 Å². The highest BCUT2D eigenvalue weighted by Crippen LogP contribution is 2.22. The first-order valence-corrected chi connectivity index (χ1v) is 5.45. The number of aromatic nitrogens is 2. The van der Waals surface area contributed by atoms with Gasteiger partial charge in [0.05, 0.1) is 12.2 Å². The zero-order valence-electron chi connectivity index (χ0n) is 9.76. The van der Waals surface area contributed by atoms with Crippen molar-refractivity contribution in [3.05, 3.63) is 48.3 Å². The number of carbonyl (C=O) groups is 1. The summed E-state index contributed by atoms with van der Waals surface area (Å²) in [7, 11) is 0. The summed E-state index contributed by atoms with van der Waals surface area (Å²) in [6.07, 6.45) is 4.26. The second-order valence-corrected chi connectivity index (χ2v) is 3.52. The highest BCUT2D eigenvalue weighted by molar-refractivity contribution is 5.90. The quantitative estimate of drug-likeness (QED) is 0.616. The molecule has 2 aromatic heterocycles. The van der Waals surface area contributed by atoms with Crippen LogP contribution in [-0.2, 0) is 4.74 Å². The van der Waals surface area contributed by atoms with E-state index in [-0.39, 0.29) is 17.7 Å². The molecule has 0 aliphatic rings. The molecular formula is C13H11FN2O2. The van der Waals surface area contributed by atoms with Crippen molar-refractivity contribution in [2.45, 2.75) is 6.92 Å². The summed E-state index contributed by atoms with van der Waals surface area (Å²) in [5.74, 6) is -1.14. The predicted octanol–water partition coefficient (Wildman–Crippen LogP) is 2.46. The number of carbonyl (C=O) groups excluding carboxylic acids is 1. The topological polar surface area (TPSA) is 52.1 Å². The van der Waals surface area contributed by atoms with Crippen LogP contribution in [0.4, 0.5) is 4.39 Å². The smallest absolute Gasteiger partial charge is 0.339 e. The predicted molar refractivity (Wildman–Crippen MR) is 63.4 cm³/mol. The molecule has 0 fully saturated rings. The Hall–Kier alpha value is -2.30. The number of hydrogen-bond donors (Lipinski definition) is 0. The number of halogens is 1. The van der Waals surface area contributed by atoms with Crippen molar-refractivity contribution in [2.75, 3.05) is 6.61 Å². The Morgan fingerprint density at radius 3 is 2.78 bits per heavy atom. The number of hydrogen-bond acceptors (Lipinski definition) is 4. The number of ether oxygens (including phenoxy) is 1. The number of rotatable bonds is 3. The molecule has 0 aromatic carbocycles. The Labute approximate surface area is 103 Å². The lowest BCUT2D eigenvalue weighted by atomic mass is 10.1. The summed E-state index contributed by atoms with van der Waals surface area (Å²) in [6, 6.07) is 4.72. The van der Waals surface area contributed by atoms with Crippen molar-refractivity contribution in [3.63, 3.8) is 0 Å². The molecule has 2 rings (SSSR count). The second kappa shape index (κ2) is 5.35. The first kappa shape index (κ1) is 12.2. The Morgan fingerprint density at radius 1 is 1.39 bits per heavy atom. The first-order valence-electron chi connectivity index (χ1n) is 5.45. The van der Waals surface area contributed by atoms with Crippen LogP contribution in [0.15, 0.2) is 36.8 Å². The lowest BCUT2D eigenvalue weighted by Crippen LogP contribution is -2.06. The first-order chi connectivity index (χ1) is 8.72. The monoisotopic (exact) mass is 246 g/mol. The maximum absolute atomic E-state index is 13.6. The lowest BCUT2D eigenvalue weighted by molar-refractivity contribution is 0.0526. The van der Waals surface area contributed by atoms with E-state index >= 15 is 0 Å². The lowest BCUT2D eigenvalue weighted by Gasteiger charge is -2.05. The van der Waals surface area contributed by atoms with Crippen LogP contribution in [0.3, 0.4) is 0 Å². The fourth-order valence-electron chi connectivity index (χ4n) is 1.51. The fraction of sp³-hybridized carbons (Fsp3) is 0.154. The molecule has 0 N–H and O–H groups in total. The summed E-state index contributed by atoms with van der Waals surface area (Å²) in [4.78, 5) is 19.0. The molecule has 92 valence electrons. The van der Waals surface area contributed by atoms with Crippen LogP contribution in [0.25, 0.3) is 11.1 Å². The van der Waals surface area contributed by atoms with Gasteiger partial charge in [-0.25, -0.2) is 9.78 Å². The molecule has 2 aromatic rings. The number of esters is 1. The molecule has 4 nitrogen and oxygen atoms in total. The SMILES string of the molecule is CCOC(=O)c1cnc(F)c(-c2ccncc2)c1. The Morgan fingerprint density at radius 2 is 2.11 bits per heavy atom. The van der Waals surface area contributed by atoms with Crippen molar-refractivity contribution in [2.24, 2.45) is 0 Å². The summed E-state index contributed by atoms with van der Waals surface area (Å²) < 4.78 is 18.5. The van der Waals surface area contributed by atoms with Gasteiger partial charge in [0, 0.05) is 24.2 Å². The Kier molecular flexibility index (Phi) is 3.62. The minimum absolute atomic E-state index is 0.227. The molecule has 2 heterocycles. The van der Waals surface area contributed by atoms with E-state index in [1.165, 1.54) is 6.07 Å². The summed E-state index contributed by atoms with van der Waals surface area (Å²) >= 11 is 0. The van der Waals surface area contributed by atoms with Crippen molar-refractivity contribution in [1.29, 1.82) is 0 Å². The third kappa shape index (κ3) is 2.51. The minimum Gasteiger partial charge on any atom is -0.462 e. The van der Waals surface area contributed by atoms with E-state index in [2.05, 4.69) is 9.97 Å². The van der Waals surface area contributed by atoms with E-state index in [9.17, 15) is 9.18 Å². The van der Waals surface area contributed by atoms with E-state index < -0.39 is 11.9 Å². The van der Waals surface area contributed by atoms with Gasteiger partial charge < -0.3 is 4.74 Å². The Balaban J connectivity index is 2.42. The van der Waals surface area contributed by atoms with E-state index in [1.54, 1.807) is 31.5 Å². The molecule has 0 amide bonds. The molecule has 0 bridgehead atoms. The van der Waals surface area contributed by atoms with Crippen molar-refractivity contribution >= 4 is 5.97 Å². The molecule has 0 saturated carbocycles. The largest absolute Gasteiger partial charge is 0.462 e. The summed E-state index contributed by atoms with van der Waals surface area (Å²) in [5.41, 5.74) is 1.09. The molecule has 5 heteroatoms. The highest BCUT2D eigenvalue weighted by atomic mass is 19.1. The summed E-state index contributed by atoms with van der Waals surface area (Å²) in [5, 5.41) is 0. The maximum Gasteiger partial charge on any atom is 0.339 e. The van der Waals surface area contributed by atoms with Crippen LogP contribution >= 0.6 is 0 Å². The molecule has 0 unspecified atom stereocenters. The average molecular weight is 246 g/mol. The maximum atomic E-state index is 13.6. The van der Waals surface area contributed by atoms with Crippen molar-refractivity contribution in [3.8, 4) is 11.1 Å². The van der Waals surface area contributed by atoms with E-state index in [1.807, 2.05) is 0 Å². The molecule has 0 radical (unpaired) electrons. The van der Waals surface area contributed by atoms with Crippen LogP contribution in [0.1, 0.15) is 17.3 Å². The van der Waals surface area contributed by atoms with Crippen molar-refractivity contribution in [1.82, 2.24) is 9.97 Å². The van der Waals surface area contributed by atoms with E-state index in [0.717, 1.165) is 6.20 Å². The van der Waals surface area contributed by atoms with Gasteiger partial charge in [0.15, 0.2) is 0 Å². The molecular weight excluding hydrogens is 235 g/mol. The third-order valence-corrected chi connectivity index (χ3v) is 2.34. The number of pyridine rings is 2. The molecule has 0 aliphatic carbocycles. The van der Waals surface area contributed by atoms with Gasteiger partial charge in [-0.1, -0.05) is 0 Å². The van der Waals surface area contributed by atoms with Gasteiger partial charge in [-0.3, -0.25) is 4.98 Å². The molecule has 0 atom stereocenters. The standard InChI is InChI=1S/C13H11FN2O2/c1-2-18-13(17)10-7-11(12(14)16-8-10)9-3-5-15-6-4-9/h3-8H,2H2,1H3. The molecule has 18 heavy (non-hydrogen) atoms. The van der Waals surface area contributed by atoms with E-state index in [4.69, 9.17) is 4.74 Å². The van der Waals surface area contributed by atoms with Gasteiger partial charge >= 0.3 is 5.97 Å². The van der Waals surface area contributed by atoms with Gasteiger partial charge in [0.1, 0.15) is 0 Å². The van der Waals surface area contributed by atoms with Crippen LogP contribution in [0.2, 0.25) is 0 Å². The van der Waals surface area contributed by atoms with E-state index in [0.29, 0.717) is 5.56 Å². The zero-order chi connectivity index (χ0) is 13.0. The zero-order valence-corrected chi connectivity index (χ0v) is 9.76. The van der Waals surface area contributed by atoms with Crippen LogP contribution in [0.5, 0.6) is 0 Å². The number of nitrogens with zero attached hydrogens (tertiary/aromatic N) is 2. The van der Waals surface area contributed by atoms with Crippen LogP contribution in [-0.4, -0.2) is 22.5 Å². The Bertz CT molecular complexity index is 558.